The number of alkyl halides is 2. The van der Waals surface area contributed by atoms with Crippen molar-refractivity contribution < 1.29 is 35.5 Å². The first-order valence-corrected chi connectivity index (χ1v) is 11.5. The Balaban J connectivity index is 1.52. The smallest absolute Gasteiger partial charge is 0.426 e. The minimum Gasteiger partial charge on any atom is -0.429 e. The predicted octanol–water partition coefficient (Wildman–Crippen LogP) is 9.03. The van der Waals surface area contributed by atoms with E-state index < -0.39 is 46.5 Å². The fraction of sp³-hybridized carbons (Fsp3) is 0.286. The van der Waals surface area contributed by atoms with Crippen LogP contribution in [0.2, 0.25) is 0 Å². The van der Waals surface area contributed by atoms with Crippen LogP contribution < -0.4 is 4.74 Å². The Hall–Kier alpha value is -3.29. The Morgan fingerprint density at radius 2 is 1.39 bits per heavy atom. The lowest BCUT2D eigenvalue weighted by molar-refractivity contribution is -0.185. The molecule has 1 nitrogen and oxygen atoms in total. The molecule has 0 spiro atoms. The van der Waals surface area contributed by atoms with Crippen molar-refractivity contribution in [1.29, 1.82) is 0 Å². The molecule has 0 aromatic heterocycles. The molecule has 3 aromatic rings. The molecule has 0 saturated heterocycles. The molecule has 0 heterocycles. The van der Waals surface area contributed by atoms with E-state index in [0.29, 0.717) is 23.6 Å². The highest BCUT2D eigenvalue weighted by Gasteiger charge is 2.35. The van der Waals surface area contributed by atoms with E-state index in [1.807, 2.05) is 13.0 Å². The zero-order valence-corrected chi connectivity index (χ0v) is 19.3. The standard InChI is InChI=1S/C28H23F7O/c1-2-3-16-4-6-17(7-5-16)21-12-13-22(26(32)25(21)31)18-8-10-19(11-9-18)28(34,35)36-20-14-23(29)27(33)24(30)15-20/h2-3,8-17H,4-7H2,1H3. The van der Waals surface area contributed by atoms with Crippen LogP contribution in [-0.2, 0) is 6.11 Å². The van der Waals surface area contributed by atoms with Gasteiger partial charge in [0.05, 0.1) is 5.56 Å². The lowest BCUT2D eigenvalue weighted by Crippen LogP contribution is -2.22. The number of allylic oxidation sites excluding steroid dienone is 2. The van der Waals surface area contributed by atoms with Crippen molar-refractivity contribution in [2.24, 2.45) is 5.92 Å². The SMILES string of the molecule is CC=CC1CCC(c2ccc(-c3ccc(C(F)(F)Oc4cc(F)c(F)c(F)c4)cc3)c(F)c2F)CC1. The Morgan fingerprint density at radius 1 is 0.778 bits per heavy atom. The average Bonchev–Trinajstić information content (AvgIpc) is 2.85. The van der Waals surface area contributed by atoms with Crippen LogP contribution in [0.5, 0.6) is 5.75 Å². The maximum absolute atomic E-state index is 15.0. The first-order chi connectivity index (χ1) is 17.1. The van der Waals surface area contributed by atoms with Crippen LogP contribution in [0, 0.1) is 35.0 Å². The Kier molecular flexibility index (Phi) is 7.43. The highest BCUT2D eigenvalue weighted by Crippen LogP contribution is 2.40. The highest BCUT2D eigenvalue weighted by atomic mass is 19.3. The summed E-state index contributed by atoms with van der Waals surface area (Å²) in [7, 11) is 0. The fourth-order valence-electron chi connectivity index (χ4n) is 4.64. The van der Waals surface area contributed by atoms with Gasteiger partial charge in [-0.15, -0.1) is 0 Å². The summed E-state index contributed by atoms with van der Waals surface area (Å²) in [5.74, 6) is -7.72. The van der Waals surface area contributed by atoms with Crippen molar-refractivity contribution in [3.8, 4) is 16.9 Å². The zero-order valence-electron chi connectivity index (χ0n) is 19.3. The van der Waals surface area contributed by atoms with E-state index in [4.69, 9.17) is 0 Å². The molecule has 0 unspecified atom stereocenters. The summed E-state index contributed by atoms with van der Waals surface area (Å²) in [6, 6.07) is 7.76. The van der Waals surface area contributed by atoms with Gasteiger partial charge in [0.25, 0.3) is 0 Å². The maximum Gasteiger partial charge on any atom is 0.426 e. The summed E-state index contributed by atoms with van der Waals surface area (Å²) in [6.07, 6.45) is 3.38. The third-order valence-corrected chi connectivity index (χ3v) is 6.52. The minimum atomic E-state index is -4.03. The second-order valence-electron chi connectivity index (χ2n) is 8.86. The first-order valence-electron chi connectivity index (χ1n) is 11.5. The van der Waals surface area contributed by atoms with Crippen LogP contribution in [0.4, 0.5) is 30.7 Å². The van der Waals surface area contributed by atoms with Gasteiger partial charge in [-0.1, -0.05) is 36.4 Å². The first kappa shape index (κ1) is 25.8. The molecule has 0 amide bonds. The molecule has 1 saturated carbocycles. The number of halogens is 7. The van der Waals surface area contributed by atoms with E-state index >= 15 is 0 Å². The van der Waals surface area contributed by atoms with Gasteiger partial charge in [-0.2, -0.15) is 8.78 Å². The van der Waals surface area contributed by atoms with Crippen LogP contribution in [-0.4, -0.2) is 0 Å². The van der Waals surface area contributed by atoms with Crippen LogP contribution in [0.15, 0.2) is 60.7 Å². The van der Waals surface area contributed by atoms with Crippen molar-refractivity contribution >= 4 is 0 Å². The molecular weight excluding hydrogens is 485 g/mol. The normalized spacial score (nSPS) is 18.6. The molecule has 0 N–H and O–H groups in total. The molecule has 0 radical (unpaired) electrons. The molecule has 1 aliphatic rings. The summed E-state index contributed by atoms with van der Waals surface area (Å²) in [5, 5.41) is 0. The van der Waals surface area contributed by atoms with E-state index in [-0.39, 0.29) is 17.0 Å². The number of rotatable bonds is 6. The van der Waals surface area contributed by atoms with Crippen LogP contribution in [0.1, 0.15) is 49.7 Å². The Morgan fingerprint density at radius 3 is 1.97 bits per heavy atom. The molecule has 1 aliphatic carbocycles. The maximum atomic E-state index is 15.0. The molecular formula is C28H23F7O. The molecule has 190 valence electrons. The molecule has 0 aliphatic heterocycles. The number of hydrogen-bond acceptors (Lipinski definition) is 1. The third kappa shape index (κ3) is 5.27. The van der Waals surface area contributed by atoms with E-state index in [1.165, 1.54) is 12.1 Å². The van der Waals surface area contributed by atoms with E-state index in [1.54, 1.807) is 0 Å². The minimum absolute atomic E-state index is 0.0858. The summed E-state index contributed by atoms with van der Waals surface area (Å²) in [6.45, 7) is 1.95. The summed E-state index contributed by atoms with van der Waals surface area (Å²) < 4.78 is 103. The van der Waals surface area contributed by atoms with Gasteiger partial charge in [-0.25, -0.2) is 22.0 Å². The molecule has 4 rings (SSSR count). The molecule has 3 aromatic carbocycles. The highest BCUT2D eigenvalue weighted by molar-refractivity contribution is 5.65. The Bertz CT molecular complexity index is 1240. The van der Waals surface area contributed by atoms with Gasteiger partial charge in [-0.05, 0) is 67.7 Å². The van der Waals surface area contributed by atoms with Gasteiger partial charge in [0.1, 0.15) is 5.75 Å². The van der Waals surface area contributed by atoms with Crippen molar-refractivity contribution in [3.05, 3.63) is 101 Å². The third-order valence-electron chi connectivity index (χ3n) is 6.52. The summed E-state index contributed by atoms with van der Waals surface area (Å²) >= 11 is 0. The van der Waals surface area contributed by atoms with Crippen molar-refractivity contribution in [1.82, 2.24) is 0 Å². The second kappa shape index (κ2) is 10.4. The van der Waals surface area contributed by atoms with Gasteiger partial charge in [-0.3, -0.25) is 0 Å². The number of hydrogen-bond donors (Lipinski definition) is 0. The van der Waals surface area contributed by atoms with Crippen LogP contribution in [0.3, 0.4) is 0 Å². The zero-order chi connectivity index (χ0) is 26.0. The summed E-state index contributed by atoms with van der Waals surface area (Å²) in [4.78, 5) is 0. The van der Waals surface area contributed by atoms with Crippen LogP contribution >= 0.6 is 0 Å². The molecule has 36 heavy (non-hydrogen) atoms. The quantitative estimate of drug-likeness (QED) is 0.183. The van der Waals surface area contributed by atoms with Crippen molar-refractivity contribution in [2.75, 3.05) is 0 Å². The second-order valence-corrected chi connectivity index (χ2v) is 8.86. The molecule has 8 heteroatoms. The Labute approximate surface area is 204 Å². The predicted molar refractivity (Wildman–Crippen MR) is 122 cm³/mol. The fourth-order valence-corrected chi connectivity index (χ4v) is 4.64. The average molecular weight is 508 g/mol. The topological polar surface area (TPSA) is 9.23 Å². The van der Waals surface area contributed by atoms with Gasteiger partial charge >= 0.3 is 6.11 Å². The van der Waals surface area contributed by atoms with Gasteiger partial charge in [0, 0.05) is 17.7 Å². The van der Waals surface area contributed by atoms with Gasteiger partial charge in [0.2, 0.25) is 0 Å². The number of ether oxygens (including phenoxy) is 1. The molecule has 1 fully saturated rings. The van der Waals surface area contributed by atoms with Gasteiger partial charge in [0.15, 0.2) is 29.1 Å². The van der Waals surface area contributed by atoms with E-state index in [9.17, 15) is 30.7 Å². The molecule has 0 bridgehead atoms. The largest absolute Gasteiger partial charge is 0.429 e. The molecule has 0 atom stereocenters. The number of benzene rings is 3. The summed E-state index contributed by atoms with van der Waals surface area (Å²) in [5.41, 5.74) is -0.317. The lowest BCUT2D eigenvalue weighted by atomic mass is 9.78. The van der Waals surface area contributed by atoms with E-state index in [0.717, 1.165) is 49.9 Å². The lowest BCUT2D eigenvalue weighted by Gasteiger charge is -2.27. The van der Waals surface area contributed by atoms with Crippen molar-refractivity contribution in [2.45, 2.75) is 44.6 Å². The van der Waals surface area contributed by atoms with E-state index in [2.05, 4.69) is 10.8 Å². The van der Waals surface area contributed by atoms with Gasteiger partial charge < -0.3 is 4.74 Å². The monoisotopic (exact) mass is 508 g/mol. The van der Waals surface area contributed by atoms with Crippen LogP contribution in [0.25, 0.3) is 11.1 Å². The van der Waals surface area contributed by atoms with Crippen molar-refractivity contribution in [3.63, 3.8) is 0 Å².